The smallest absolute Gasteiger partial charge is 0.220 e. The Hall–Kier alpha value is -5.77. The molecule has 4 atom stereocenters. The van der Waals surface area contributed by atoms with Crippen molar-refractivity contribution >= 4 is 57.1 Å². The molecule has 6 aromatic rings. The molecule has 0 spiro atoms. The van der Waals surface area contributed by atoms with E-state index in [1.54, 1.807) is 30.9 Å². The molecule has 2 amide bonds. The lowest BCUT2D eigenvalue weighted by atomic mass is 9.90. The molecule has 6 N–H and O–H groups in total. The molecule has 2 fully saturated rings. The zero-order valence-corrected chi connectivity index (χ0v) is 32.5. The Morgan fingerprint density at radius 2 is 1.19 bits per heavy atom. The second-order valence-corrected chi connectivity index (χ2v) is 14.7. The molecule has 0 saturated heterocycles. The number of fused-ring (bicyclic) bond motifs is 2. The van der Waals surface area contributed by atoms with Crippen LogP contribution in [0.5, 0.6) is 0 Å². The largest absolute Gasteiger partial charge is 0.363 e. The lowest BCUT2D eigenvalue weighted by molar-refractivity contribution is -0.122. The molecule has 0 aromatic carbocycles. The summed E-state index contributed by atoms with van der Waals surface area (Å²) in [6.45, 7) is 3.65. The number of anilines is 2. The Morgan fingerprint density at radius 1 is 0.702 bits per heavy atom. The number of carbonyl (C=O) groups is 2. The van der Waals surface area contributed by atoms with Gasteiger partial charge in [-0.15, -0.1) is 0 Å². The molecule has 14 nitrogen and oxygen atoms in total. The Kier molecular flexibility index (Phi) is 12.5. The molecule has 17 heteroatoms. The minimum Gasteiger partial charge on any atom is -0.363 e. The zero-order chi connectivity index (χ0) is 39.9. The highest BCUT2D eigenvalue weighted by Gasteiger charge is 2.29. The number of hydrogen-bond acceptors (Lipinski definition) is 10. The predicted octanol–water partition coefficient (Wildman–Crippen LogP) is 7.47. The number of carbonyl (C=O) groups excluding carboxylic acids is 2. The summed E-state index contributed by atoms with van der Waals surface area (Å²) >= 11 is 6.07. The second-order valence-electron chi connectivity index (χ2n) is 14.3. The SMILES string of the molecule is CCC(=O)N[C@@H]1CCCC[C@H]1Nc1nc(-c2c[nH]c3ncc(Cl)cc23)ncc1F.CCC(=O)N[C@@H]1CCCC[C@H]1Nc1nc(-c2c[nH]c3ncccc23)ncc1F. The van der Waals surface area contributed by atoms with Gasteiger partial charge in [0.2, 0.25) is 11.8 Å². The van der Waals surface area contributed by atoms with Gasteiger partial charge in [-0.1, -0.05) is 51.1 Å². The Bertz CT molecular complexity index is 2350. The second kappa shape index (κ2) is 18.0. The zero-order valence-electron chi connectivity index (χ0n) is 31.7. The first-order valence-corrected chi connectivity index (χ1v) is 19.8. The number of pyridine rings is 2. The van der Waals surface area contributed by atoms with Crippen molar-refractivity contribution in [3.05, 3.63) is 72.0 Å². The molecule has 2 aliphatic carbocycles. The lowest BCUT2D eigenvalue weighted by Crippen LogP contribution is -2.48. The molecule has 0 bridgehead atoms. The van der Waals surface area contributed by atoms with Crippen molar-refractivity contribution in [2.75, 3.05) is 10.6 Å². The standard InChI is InChI=1S/C20H22ClFN6O.C20H23FN6O/c1-2-17(29)26-15-5-3-4-6-16(15)27-20-14(22)10-25-19(28-20)13-9-24-18-12(13)7-11(21)8-23-18;1-2-17(28)25-15-7-3-4-8-16(15)26-20-14(21)11-24-19(27-20)13-10-23-18-12(13)6-5-9-22-18/h7-10,15-16H,2-6H2,1H3,(H,23,24)(H,26,29)(H,25,27,28);5-6,9-11,15-16H,2-4,7-8H2,1H3,(H,22,23)(H,25,28)(H,24,26,27)/t2*15-,16-/m11/s1. The van der Waals surface area contributed by atoms with Gasteiger partial charge in [0.1, 0.15) is 11.3 Å². The summed E-state index contributed by atoms with van der Waals surface area (Å²) in [6, 6.07) is 5.30. The third kappa shape index (κ3) is 9.28. The van der Waals surface area contributed by atoms with Crippen LogP contribution in [-0.2, 0) is 9.59 Å². The van der Waals surface area contributed by atoms with E-state index in [0.29, 0.717) is 40.7 Å². The normalized spacial score (nSPS) is 19.4. The summed E-state index contributed by atoms with van der Waals surface area (Å²) in [6.07, 6.45) is 17.5. The van der Waals surface area contributed by atoms with Crippen LogP contribution in [0.4, 0.5) is 20.4 Å². The number of aromatic nitrogens is 8. The first-order valence-electron chi connectivity index (χ1n) is 19.4. The van der Waals surface area contributed by atoms with Gasteiger partial charge in [-0.05, 0) is 43.9 Å². The first kappa shape index (κ1) is 39.5. The molecule has 0 unspecified atom stereocenters. The fourth-order valence-corrected chi connectivity index (χ4v) is 7.58. The van der Waals surface area contributed by atoms with E-state index in [0.717, 1.165) is 79.5 Å². The highest BCUT2D eigenvalue weighted by molar-refractivity contribution is 6.31. The van der Waals surface area contributed by atoms with Gasteiger partial charge in [0.05, 0.1) is 17.4 Å². The van der Waals surface area contributed by atoms with Crippen molar-refractivity contribution in [2.24, 2.45) is 0 Å². The maximum atomic E-state index is 14.5. The number of H-pyrrole nitrogens is 2. The molecular formula is C40H45ClF2N12O2. The fourth-order valence-electron chi connectivity index (χ4n) is 7.42. The van der Waals surface area contributed by atoms with Gasteiger partial charge in [0, 0.05) is 83.7 Å². The van der Waals surface area contributed by atoms with Crippen LogP contribution in [0, 0.1) is 11.6 Å². The molecule has 6 aromatic heterocycles. The van der Waals surface area contributed by atoms with E-state index < -0.39 is 11.6 Å². The molecule has 57 heavy (non-hydrogen) atoms. The Labute approximate surface area is 332 Å². The first-order chi connectivity index (χ1) is 27.7. The molecule has 2 saturated carbocycles. The topological polar surface area (TPSA) is 191 Å². The van der Waals surface area contributed by atoms with Crippen LogP contribution in [-0.4, -0.2) is 75.9 Å². The van der Waals surface area contributed by atoms with Gasteiger partial charge in [-0.3, -0.25) is 9.59 Å². The molecule has 6 heterocycles. The minimum atomic E-state index is -0.532. The number of nitrogens with one attached hydrogen (secondary N) is 6. The summed E-state index contributed by atoms with van der Waals surface area (Å²) in [5, 5.41) is 14.6. The number of hydrogen-bond donors (Lipinski definition) is 6. The number of rotatable bonds is 10. The molecule has 8 rings (SSSR count). The number of amides is 2. The van der Waals surface area contributed by atoms with Crippen LogP contribution in [0.1, 0.15) is 78.1 Å². The summed E-state index contributed by atoms with van der Waals surface area (Å²) < 4.78 is 28.9. The van der Waals surface area contributed by atoms with Crippen molar-refractivity contribution < 1.29 is 18.4 Å². The average molecular weight is 799 g/mol. The monoisotopic (exact) mass is 798 g/mol. The average Bonchev–Trinajstić information content (AvgIpc) is 3.85. The highest BCUT2D eigenvalue weighted by Crippen LogP contribution is 2.31. The molecule has 298 valence electrons. The Morgan fingerprint density at radius 3 is 1.72 bits per heavy atom. The van der Waals surface area contributed by atoms with E-state index in [-0.39, 0.29) is 47.6 Å². The lowest BCUT2D eigenvalue weighted by Gasteiger charge is -2.33. The maximum absolute atomic E-state index is 14.5. The summed E-state index contributed by atoms with van der Waals surface area (Å²) in [5.41, 5.74) is 2.85. The van der Waals surface area contributed by atoms with Gasteiger partial charge in [-0.2, -0.15) is 0 Å². The van der Waals surface area contributed by atoms with Crippen molar-refractivity contribution in [3.63, 3.8) is 0 Å². The van der Waals surface area contributed by atoms with Crippen LogP contribution >= 0.6 is 11.6 Å². The van der Waals surface area contributed by atoms with Crippen molar-refractivity contribution in [1.29, 1.82) is 0 Å². The Balaban J connectivity index is 0.000000174. The quantitative estimate of drug-likeness (QED) is 0.0811. The van der Waals surface area contributed by atoms with Gasteiger partial charge in [-0.25, -0.2) is 38.7 Å². The third-order valence-corrected chi connectivity index (χ3v) is 10.6. The van der Waals surface area contributed by atoms with Crippen LogP contribution in [0.25, 0.3) is 44.8 Å². The van der Waals surface area contributed by atoms with E-state index >= 15 is 0 Å². The van der Waals surface area contributed by atoms with Crippen LogP contribution in [0.2, 0.25) is 5.02 Å². The van der Waals surface area contributed by atoms with Crippen LogP contribution in [0.3, 0.4) is 0 Å². The summed E-state index contributed by atoms with van der Waals surface area (Å²) in [7, 11) is 0. The van der Waals surface area contributed by atoms with Gasteiger partial charge >= 0.3 is 0 Å². The van der Waals surface area contributed by atoms with E-state index in [4.69, 9.17) is 11.6 Å². The molecule has 0 radical (unpaired) electrons. The fraction of sp³-hybridized carbons (Fsp3) is 0.400. The van der Waals surface area contributed by atoms with Gasteiger partial charge in [0.15, 0.2) is 34.9 Å². The number of halogens is 3. The van der Waals surface area contributed by atoms with Crippen molar-refractivity contribution in [3.8, 4) is 22.8 Å². The summed E-state index contributed by atoms with van der Waals surface area (Å²) in [4.78, 5) is 55.5. The van der Waals surface area contributed by atoms with E-state index in [1.165, 1.54) is 6.20 Å². The number of nitrogens with zero attached hydrogens (tertiary/aromatic N) is 6. The van der Waals surface area contributed by atoms with E-state index in [1.807, 2.05) is 26.0 Å². The molecular weight excluding hydrogens is 754 g/mol. The van der Waals surface area contributed by atoms with Crippen molar-refractivity contribution in [2.45, 2.75) is 102 Å². The third-order valence-electron chi connectivity index (χ3n) is 10.4. The highest BCUT2D eigenvalue weighted by atomic mass is 35.5. The van der Waals surface area contributed by atoms with Crippen LogP contribution in [0.15, 0.2) is 55.4 Å². The number of aromatic amines is 2. The van der Waals surface area contributed by atoms with Gasteiger partial charge < -0.3 is 31.2 Å². The van der Waals surface area contributed by atoms with E-state index in [9.17, 15) is 18.4 Å². The molecule has 0 aliphatic heterocycles. The van der Waals surface area contributed by atoms with Crippen LogP contribution < -0.4 is 21.3 Å². The predicted molar refractivity (Wildman–Crippen MR) is 215 cm³/mol. The van der Waals surface area contributed by atoms with Gasteiger partial charge in [0.25, 0.3) is 0 Å². The van der Waals surface area contributed by atoms with E-state index in [2.05, 4.69) is 61.1 Å². The summed E-state index contributed by atoms with van der Waals surface area (Å²) in [5.74, 6) is 0.0449. The minimum absolute atomic E-state index is 0.00396. The molecule has 2 aliphatic rings. The maximum Gasteiger partial charge on any atom is 0.220 e. The van der Waals surface area contributed by atoms with Crippen molar-refractivity contribution in [1.82, 2.24) is 50.5 Å².